The molecule has 1 aliphatic heterocycles. The summed E-state index contributed by atoms with van der Waals surface area (Å²) in [5.41, 5.74) is 0.0191. The molecule has 0 aliphatic carbocycles. The topological polar surface area (TPSA) is 81.3 Å². The van der Waals surface area contributed by atoms with Gasteiger partial charge in [-0.3, -0.25) is 9.28 Å². The van der Waals surface area contributed by atoms with Crippen molar-refractivity contribution in [3.05, 3.63) is 17.5 Å². The molecule has 0 radical (unpaired) electrons. The number of nitrogens with one attached hydrogen (secondary N) is 1. The normalized spacial score (nSPS) is 24.8. The molecule has 1 aliphatic rings. The number of aromatic amines is 1. The molecule has 0 bridgehead atoms. The summed E-state index contributed by atoms with van der Waals surface area (Å²) in [6, 6.07) is 1.23. The fourth-order valence-electron chi connectivity index (χ4n) is 2.04. The Kier molecular flexibility index (Phi) is 4.12. The number of rotatable bonds is 4. The smallest absolute Gasteiger partial charge is 0.288 e. The fraction of sp³-hybridized carbons (Fsp3) is 0.727. The number of hydrogen-bond donors (Lipinski definition) is 1. The van der Waals surface area contributed by atoms with Gasteiger partial charge in [0.25, 0.3) is 16.0 Å². The number of alkyl halides is 2. The number of halogens is 2. The molecule has 0 amide bonds. The lowest BCUT2D eigenvalue weighted by molar-refractivity contribution is -0.0362. The van der Waals surface area contributed by atoms with Gasteiger partial charge in [-0.2, -0.15) is 22.3 Å². The minimum absolute atomic E-state index is 0.268. The predicted molar refractivity (Wildman–Crippen MR) is 65.8 cm³/mol. The highest BCUT2D eigenvalue weighted by atomic mass is 32.2. The lowest BCUT2D eigenvalue weighted by Gasteiger charge is -2.27. The van der Waals surface area contributed by atoms with Crippen LogP contribution in [0.1, 0.15) is 37.3 Å². The van der Waals surface area contributed by atoms with Crippen LogP contribution in [0, 0.1) is 0 Å². The molecule has 1 aromatic rings. The SMILES string of the molecule is CC(F)(F)c1cc(C2CC(OS(C)(=O)=O)CCO2)[nH]n1. The van der Waals surface area contributed by atoms with Gasteiger partial charge in [-0.1, -0.05) is 0 Å². The Morgan fingerprint density at radius 3 is 2.80 bits per heavy atom. The van der Waals surface area contributed by atoms with E-state index in [-0.39, 0.29) is 12.1 Å². The van der Waals surface area contributed by atoms with Gasteiger partial charge in [0, 0.05) is 20.0 Å². The number of hydrogen-bond acceptors (Lipinski definition) is 5. The Labute approximate surface area is 115 Å². The molecule has 2 unspecified atom stereocenters. The van der Waals surface area contributed by atoms with E-state index >= 15 is 0 Å². The number of ether oxygens (including phenoxy) is 1. The summed E-state index contributed by atoms with van der Waals surface area (Å²) < 4.78 is 58.8. The molecule has 20 heavy (non-hydrogen) atoms. The molecule has 0 saturated carbocycles. The first kappa shape index (κ1) is 15.3. The molecular formula is C11H16F2N2O4S. The molecule has 9 heteroatoms. The lowest BCUT2D eigenvalue weighted by Crippen LogP contribution is -2.28. The second-order valence-electron chi connectivity index (χ2n) is 4.90. The lowest BCUT2D eigenvalue weighted by atomic mass is 10.0. The van der Waals surface area contributed by atoms with Crippen molar-refractivity contribution in [3.63, 3.8) is 0 Å². The molecular weight excluding hydrogens is 294 g/mol. The van der Waals surface area contributed by atoms with Gasteiger partial charge in [-0.05, 0) is 12.5 Å². The van der Waals surface area contributed by atoms with Crippen LogP contribution in [0.25, 0.3) is 0 Å². The first-order chi connectivity index (χ1) is 9.15. The zero-order chi connectivity index (χ0) is 15.0. The van der Waals surface area contributed by atoms with Crippen molar-refractivity contribution in [2.75, 3.05) is 12.9 Å². The monoisotopic (exact) mass is 310 g/mol. The zero-order valence-corrected chi connectivity index (χ0v) is 11.9. The van der Waals surface area contributed by atoms with Crippen molar-refractivity contribution in [3.8, 4) is 0 Å². The van der Waals surface area contributed by atoms with Crippen LogP contribution in [0.5, 0.6) is 0 Å². The second-order valence-corrected chi connectivity index (χ2v) is 6.50. The molecule has 1 N–H and O–H groups in total. The van der Waals surface area contributed by atoms with E-state index in [1.807, 2.05) is 0 Å². The minimum Gasteiger partial charge on any atom is -0.372 e. The van der Waals surface area contributed by atoms with E-state index in [1.165, 1.54) is 6.07 Å². The summed E-state index contributed by atoms with van der Waals surface area (Å²) in [5, 5.41) is 6.05. The quantitative estimate of drug-likeness (QED) is 0.856. The second kappa shape index (κ2) is 5.38. The summed E-state index contributed by atoms with van der Waals surface area (Å²) in [5.74, 6) is -3.04. The van der Waals surface area contributed by atoms with Crippen molar-refractivity contribution in [1.82, 2.24) is 10.2 Å². The maximum Gasteiger partial charge on any atom is 0.288 e. The van der Waals surface area contributed by atoms with Crippen LogP contribution in [0.4, 0.5) is 8.78 Å². The van der Waals surface area contributed by atoms with E-state index in [0.29, 0.717) is 18.7 Å². The van der Waals surface area contributed by atoms with E-state index in [4.69, 9.17) is 8.92 Å². The maximum absolute atomic E-state index is 13.1. The van der Waals surface area contributed by atoms with Gasteiger partial charge in [0.15, 0.2) is 0 Å². The molecule has 0 aromatic carbocycles. The first-order valence-electron chi connectivity index (χ1n) is 6.08. The fourth-order valence-corrected chi connectivity index (χ4v) is 2.71. The summed E-state index contributed by atoms with van der Waals surface area (Å²) >= 11 is 0. The van der Waals surface area contributed by atoms with Crippen molar-refractivity contribution < 1.29 is 26.1 Å². The maximum atomic E-state index is 13.1. The first-order valence-corrected chi connectivity index (χ1v) is 7.90. The van der Waals surface area contributed by atoms with Gasteiger partial charge < -0.3 is 4.74 Å². The molecule has 2 rings (SSSR count). The summed E-state index contributed by atoms with van der Waals surface area (Å²) in [6.45, 7) is 1.05. The molecule has 6 nitrogen and oxygen atoms in total. The molecule has 0 spiro atoms. The van der Waals surface area contributed by atoms with E-state index in [9.17, 15) is 17.2 Å². The Morgan fingerprint density at radius 2 is 2.25 bits per heavy atom. The number of nitrogens with zero attached hydrogens (tertiary/aromatic N) is 1. The van der Waals surface area contributed by atoms with E-state index < -0.39 is 28.2 Å². The third kappa shape index (κ3) is 3.97. The van der Waals surface area contributed by atoms with Gasteiger partial charge in [-0.25, -0.2) is 0 Å². The predicted octanol–water partition coefficient (Wildman–Crippen LogP) is 1.72. The minimum atomic E-state index is -3.55. The Hall–Kier alpha value is -1.06. The van der Waals surface area contributed by atoms with Crippen LogP contribution in [-0.2, 0) is 25.0 Å². The van der Waals surface area contributed by atoms with Crippen LogP contribution in [0.2, 0.25) is 0 Å². The summed E-state index contributed by atoms with van der Waals surface area (Å²) in [6.07, 6.45) is 0.638. The van der Waals surface area contributed by atoms with Crippen LogP contribution in [0.3, 0.4) is 0 Å². The third-order valence-corrected chi connectivity index (χ3v) is 3.56. The van der Waals surface area contributed by atoms with Gasteiger partial charge in [0.2, 0.25) is 0 Å². The van der Waals surface area contributed by atoms with Gasteiger partial charge in [-0.15, -0.1) is 0 Å². The standard InChI is InChI=1S/C11H16F2N2O4S/c1-11(12,13)10-6-8(14-15-10)9-5-7(3-4-18-9)19-20(2,16)17/h6-7,9H,3-5H2,1-2H3,(H,14,15). The molecule has 1 aromatic heterocycles. The molecule has 1 saturated heterocycles. The van der Waals surface area contributed by atoms with Crippen molar-refractivity contribution in [2.24, 2.45) is 0 Å². The average molecular weight is 310 g/mol. The largest absolute Gasteiger partial charge is 0.372 e. The van der Waals surface area contributed by atoms with Crippen molar-refractivity contribution in [2.45, 2.75) is 37.9 Å². The van der Waals surface area contributed by atoms with Crippen molar-refractivity contribution in [1.29, 1.82) is 0 Å². The average Bonchev–Trinajstić information content (AvgIpc) is 2.75. The van der Waals surface area contributed by atoms with E-state index in [2.05, 4.69) is 10.2 Å². The summed E-state index contributed by atoms with van der Waals surface area (Å²) in [4.78, 5) is 0. The zero-order valence-electron chi connectivity index (χ0n) is 11.1. The summed E-state index contributed by atoms with van der Waals surface area (Å²) in [7, 11) is -3.55. The van der Waals surface area contributed by atoms with E-state index in [0.717, 1.165) is 13.2 Å². The molecule has 2 atom stereocenters. The van der Waals surface area contributed by atoms with Gasteiger partial charge >= 0.3 is 0 Å². The van der Waals surface area contributed by atoms with Gasteiger partial charge in [0.05, 0.1) is 18.1 Å². The van der Waals surface area contributed by atoms with Crippen LogP contribution in [-0.4, -0.2) is 37.6 Å². The van der Waals surface area contributed by atoms with Crippen LogP contribution in [0.15, 0.2) is 6.07 Å². The van der Waals surface area contributed by atoms with E-state index in [1.54, 1.807) is 0 Å². The Morgan fingerprint density at radius 1 is 1.55 bits per heavy atom. The molecule has 114 valence electrons. The Balaban J connectivity index is 2.07. The number of aromatic nitrogens is 2. The number of H-pyrrole nitrogens is 1. The van der Waals surface area contributed by atoms with Crippen LogP contribution < -0.4 is 0 Å². The van der Waals surface area contributed by atoms with Crippen LogP contribution >= 0.6 is 0 Å². The highest BCUT2D eigenvalue weighted by molar-refractivity contribution is 7.86. The Bertz CT molecular complexity index is 567. The molecule has 2 heterocycles. The third-order valence-electron chi connectivity index (χ3n) is 2.94. The highest BCUT2D eigenvalue weighted by Crippen LogP contribution is 2.32. The van der Waals surface area contributed by atoms with Crippen molar-refractivity contribution >= 4 is 10.1 Å². The van der Waals surface area contributed by atoms with Gasteiger partial charge in [0.1, 0.15) is 11.8 Å². The highest BCUT2D eigenvalue weighted by Gasteiger charge is 2.32. The molecule has 1 fully saturated rings.